The Morgan fingerprint density at radius 1 is 1.20 bits per heavy atom. The summed E-state index contributed by atoms with van der Waals surface area (Å²) >= 11 is 0. The maximum atomic E-state index is 11.2. The first-order chi connectivity index (χ1) is 9.57. The lowest BCUT2D eigenvalue weighted by atomic mass is 9.96. The van der Waals surface area contributed by atoms with Crippen molar-refractivity contribution in [1.29, 1.82) is 0 Å². The third-order valence-electron chi connectivity index (χ3n) is 3.52. The van der Waals surface area contributed by atoms with Crippen molar-refractivity contribution in [3.63, 3.8) is 0 Å². The lowest BCUT2D eigenvalue weighted by Gasteiger charge is -2.24. The van der Waals surface area contributed by atoms with Crippen molar-refractivity contribution in [2.24, 2.45) is 4.99 Å². The smallest absolute Gasteiger partial charge is 0.211 e. The van der Waals surface area contributed by atoms with Gasteiger partial charge in [-0.1, -0.05) is 19.3 Å². The van der Waals surface area contributed by atoms with E-state index in [4.69, 9.17) is 0 Å². The molecule has 0 spiro atoms. The predicted molar refractivity (Wildman–Crippen MR) is 83.5 cm³/mol. The lowest BCUT2D eigenvalue weighted by Crippen LogP contribution is -2.44. The van der Waals surface area contributed by atoms with E-state index in [1.165, 1.54) is 32.1 Å². The molecular formula is C13H28N4O2S. The third kappa shape index (κ3) is 7.09. The number of hydrogen-bond donors (Lipinski definition) is 3. The molecule has 0 aromatic heterocycles. The molecule has 0 unspecified atom stereocenters. The Bertz CT molecular complexity index is 389. The van der Waals surface area contributed by atoms with Gasteiger partial charge in [0.15, 0.2) is 5.96 Å². The van der Waals surface area contributed by atoms with E-state index in [-0.39, 0.29) is 5.75 Å². The molecule has 3 N–H and O–H groups in total. The van der Waals surface area contributed by atoms with E-state index in [9.17, 15) is 8.42 Å². The van der Waals surface area contributed by atoms with Gasteiger partial charge in [-0.2, -0.15) is 0 Å². The highest BCUT2D eigenvalue weighted by atomic mass is 32.2. The average molecular weight is 304 g/mol. The quantitative estimate of drug-likeness (QED) is 0.369. The first kappa shape index (κ1) is 17.2. The molecule has 1 saturated carbocycles. The maximum Gasteiger partial charge on any atom is 0.211 e. The van der Waals surface area contributed by atoms with Crippen molar-refractivity contribution in [2.75, 3.05) is 25.9 Å². The van der Waals surface area contributed by atoms with Gasteiger partial charge in [0.2, 0.25) is 10.0 Å². The summed E-state index contributed by atoms with van der Waals surface area (Å²) in [6.07, 6.45) is 7.06. The molecule has 0 aliphatic heterocycles. The van der Waals surface area contributed by atoms with Crippen LogP contribution in [0.15, 0.2) is 4.99 Å². The van der Waals surface area contributed by atoms with Crippen molar-refractivity contribution < 1.29 is 8.42 Å². The molecule has 1 rings (SSSR count). The first-order valence-electron chi connectivity index (χ1n) is 7.52. The SMILES string of the molecule is CCS(=O)(=O)NCCCNC(=NC)NC1CCCCC1. The minimum Gasteiger partial charge on any atom is -0.356 e. The van der Waals surface area contributed by atoms with Crippen molar-refractivity contribution >= 4 is 16.0 Å². The summed E-state index contributed by atoms with van der Waals surface area (Å²) < 4.78 is 25.0. The molecule has 1 aliphatic rings. The van der Waals surface area contributed by atoms with Crippen LogP contribution in [0.1, 0.15) is 45.4 Å². The van der Waals surface area contributed by atoms with Crippen LogP contribution in [0.25, 0.3) is 0 Å². The summed E-state index contributed by atoms with van der Waals surface area (Å²) in [4.78, 5) is 4.20. The van der Waals surface area contributed by atoms with E-state index in [0.717, 1.165) is 12.4 Å². The Hall–Kier alpha value is -0.820. The summed E-state index contributed by atoms with van der Waals surface area (Å²) in [5.41, 5.74) is 0. The van der Waals surface area contributed by atoms with Gasteiger partial charge in [-0.05, 0) is 26.2 Å². The van der Waals surface area contributed by atoms with E-state index in [1.807, 2.05) is 0 Å². The zero-order valence-corrected chi connectivity index (χ0v) is 13.4. The van der Waals surface area contributed by atoms with Crippen LogP contribution in [0.4, 0.5) is 0 Å². The average Bonchev–Trinajstić information content (AvgIpc) is 2.46. The second-order valence-corrected chi connectivity index (χ2v) is 7.23. The molecule has 0 amide bonds. The molecule has 6 nitrogen and oxygen atoms in total. The normalized spacial score (nSPS) is 18.0. The molecule has 1 fully saturated rings. The Morgan fingerprint density at radius 3 is 2.50 bits per heavy atom. The van der Waals surface area contributed by atoms with Crippen LogP contribution in [0.2, 0.25) is 0 Å². The van der Waals surface area contributed by atoms with Gasteiger partial charge in [0, 0.05) is 26.2 Å². The van der Waals surface area contributed by atoms with Gasteiger partial charge in [0.1, 0.15) is 0 Å². The zero-order valence-electron chi connectivity index (χ0n) is 12.6. The predicted octanol–water partition coefficient (Wildman–Crippen LogP) is 0.814. The highest BCUT2D eigenvalue weighted by Crippen LogP contribution is 2.17. The number of guanidine groups is 1. The fourth-order valence-electron chi connectivity index (χ4n) is 2.26. The highest BCUT2D eigenvalue weighted by molar-refractivity contribution is 7.89. The van der Waals surface area contributed by atoms with E-state index < -0.39 is 10.0 Å². The van der Waals surface area contributed by atoms with Crippen molar-refractivity contribution in [2.45, 2.75) is 51.5 Å². The number of hydrogen-bond acceptors (Lipinski definition) is 3. The summed E-state index contributed by atoms with van der Waals surface area (Å²) in [6.45, 7) is 2.80. The van der Waals surface area contributed by atoms with Crippen LogP contribution in [0.3, 0.4) is 0 Å². The number of sulfonamides is 1. The number of rotatable bonds is 7. The summed E-state index contributed by atoms with van der Waals surface area (Å²) in [7, 11) is -1.31. The molecule has 118 valence electrons. The van der Waals surface area contributed by atoms with Gasteiger partial charge in [-0.25, -0.2) is 13.1 Å². The van der Waals surface area contributed by atoms with Crippen LogP contribution in [0.5, 0.6) is 0 Å². The van der Waals surface area contributed by atoms with E-state index in [0.29, 0.717) is 19.1 Å². The third-order valence-corrected chi connectivity index (χ3v) is 4.92. The largest absolute Gasteiger partial charge is 0.356 e. The summed E-state index contributed by atoms with van der Waals surface area (Å²) in [5, 5.41) is 6.65. The van der Waals surface area contributed by atoms with Crippen LogP contribution in [0, 0.1) is 0 Å². The second kappa shape index (κ2) is 9.18. The standard InChI is InChI=1S/C13H28N4O2S/c1-3-20(18,19)16-11-7-10-15-13(14-2)17-12-8-5-4-6-9-12/h12,16H,3-11H2,1-2H3,(H2,14,15,17). The fraction of sp³-hybridized carbons (Fsp3) is 0.923. The zero-order chi connectivity index (χ0) is 14.8. The molecule has 0 aromatic carbocycles. The van der Waals surface area contributed by atoms with Crippen molar-refractivity contribution in [1.82, 2.24) is 15.4 Å². The minimum atomic E-state index is -3.07. The fourth-order valence-corrected chi connectivity index (χ4v) is 2.92. The molecule has 0 saturated heterocycles. The molecular weight excluding hydrogens is 276 g/mol. The second-order valence-electron chi connectivity index (χ2n) is 5.13. The van der Waals surface area contributed by atoms with Crippen LogP contribution in [-0.4, -0.2) is 46.3 Å². The van der Waals surface area contributed by atoms with E-state index >= 15 is 0 Å². The highest BCUT2D eigenvalue weighted by Gasteiger charge is 2.14. The van der Waals surface area contributed by atoms with Gasteiger partial charge in [0.05, 0.1) is 5.75 Å². The van der Waals surface area contributed by atoms with Crippen molar-refractivity contribution in [3.8, 4) is 0 Å². The molecule has 0 aromatic rings. The summed E-state index contributed by atoms with van der Waals surface area (Å²) in [6, 6.07) is 0.522. The Morgan fingerprint density at radius 2 is 1.90 bits per heavy atom. The monoisotopic (exact) mass is 304 g/mol. The number of nitrogens with one attached hydrogen (secondary N) is 3. The molecule has 20 heavy (non-hydrogen) atoms. The minimum absolute atomic E-state index is 0.130. The number of nitrogens with zero attached hydrogens (tertiary/aromatic N) is 1. The van der Waals surface area contributed by atoms with Gasteiger partial charge in [-0.15, -0.1) is 0 Å². The van der Waals surface area contributed by atoms with Gasteiger partial charge < -0.3 is 10.6 Å². The van der Waals surface area contributed by atoms with Gasteiger partial charge in [0.25, 0.3) is 0 Å². The van der Waals surface area contributed by atoms with Gasteiger partial charge >= 0.3 is 0 Å². The molecule has 0 heterocycles. The lowest BCUT2D eigenvalue weighted by molar-refractivity contribution is 0.410. The summed E-state index contributed by atoms with van der Waals surface area (Å²) in [5.74, 6) is 0.945. The molecule has 7 heteroatoms. The molecule has 0 bridgehead atoms. The first-order valence-corrected chi connectivity index (χ1v) is 9.17. The topological polar surface area (TPSA) is 82.6 Å². The molecule has 0 atom stereocenters. The van der Waals surface area contributed by atoms with Crippen LogP contribution < -0.4 is 15.4 Å². The van der Waals surface area contributed by atoms with E-state index in [1.54, 1.807) is 14.0 Å². The van der Waals surface area contributed by atoms with Crippen molar-refractivity contribution in [3.05, 3.63) is 0 Å². The Kier molecular flexibility index (Phi) is 7.91. The van der Waals surface area contributed by atoms with Gasteiger partial charge in [-0.3, -0.25) is 4.99 Å². The van der Waals surface area contributed by atoms with Crippen LogP contribution >= 0.6 is 0 Å². The number of aliphatic imine (C=N–C) groups is 1. The Labute approximate surface area is 122 Å². The van der Waals surface area contributed by atoms with E-state index in [2.05, 4.69) is 20.3 Å². The van der Waals surface area contributed by atoms with Crippen LogP contribution in [-0.2, 0) is 10.0 Å². The maximum absolute atomic E-state index is 11.2. The molecule has 1 aliphatic carbocycles. The Balaban J connectivity index is 2.15. The molecule has 0 radical (unpaired) electrons.